The summed E-state index contributed by atoms with van der Waals surface area (Å²) in [5, 5.41) is 0. The van der Waals surface area contributed by atoms with Crippen molar-refractivity contribution in [2.24, 2.45) is 94.7 Å². The molecule has 20 atom stereocenters. The highest BCUT2D eigenvalue weighted by atomic mass is 16.6. The van der Waals surface area contributed by atoms with Gasteiger partial charge in [0.25, 0.3) is 0 Å². The Hall–Kier alpha value is -2.12. The fraction of sp³-hybridized carbons (Fsp3) is 0.902. The molecular weight excluding hydrogens is 620 g/mol. The Morgan fingerprint density at radius 1 is 0.653 bits per heavy atom. The molecule has 8 bridgehead atoms. The zero-order chi connectivity index (χ0) is 33.3. The lowest BCUT2D eigenvalue weighted by molar-refractivity contribution is -0.168. The first-order chi connectivity index (χ1) is 23.7. The molecule has 8 nitrogen and oxygen atoms in total. The van der Waals surface area contributed by atoms with Crippen LogP contribution in [0.15, 0.2) is 0 Å². The second kappa shape index (κ2) is 11.7. The highest BCUT2D eigenvalue weighted by molar-refractivity contribution is 5.79. The van der Waals surface area contributed by atoms with E-state index in [1.165, 1.54) is 51.4 Å². The van der Waals surface area contributed by atoms with E-state index in [0.717, 1.165) is 55.3 Å². The number of carbonyl (C=O) groups excluding carboxylic acids is 4. The van der Waals surface area contributed by atoms with Crippen LogP contribution in [0.25, 0.3) is 0 Å². The van der Waals surface area contributed by atoms with Crippen molar-refractivity contribution in [1.82, 2.24) is 0 Å². The normalized spacial score (nSPS) is 50.3. The second-order valence-electron chi connectivity index (χ2n) is 19.0. The molecule has 0 aromatic rings. The van der Waals surface area contributed by atoms with Crippen LogP contribution >= 0.6 is 0 Å². The summed E-state index contributed by atoms with van der Waals surface area (Å²) in [6.07, 6.45) is 14.4. The lowest BCUT2D eigenvalue weighted by Gasteiger charge is -2.38. The van der Waals surface area contributed by atoms with Crippen LogP contribution in [-0.2, 0) is 38.1 Å². The number of fused-ring (bicyclic) bond motifs is 15. The van der Waals surface area contributed by atoms with Crippen molar-refractivity contribution in [3.63, 3.8) is 0 Å². The molecule has 9 aliphatic carbocycles. The van der Waals surface area contributed by atoms with Gasteiger partial charge in [-0.25, -0.2) is 0 Å². The average molecular weight is 677 g/mol. The van der Waals surface area contributed by atoms with E-state index in [0.29, 0.717) is 48.9 Å². The Labute approximate surface area is 290 Å². The van der Waals surface area contributed by atoms with Crippen molar-refractivity contribution in [3.8, 4) is 0 Å². The zero-order valence-electron chi connectivity index (χ0n) is 29.4. The lowest BCUT2D eigenvalue weighted by Crippen LogP contribution is -2.40. The van der Waals surface area contributed by atoms with E-state index in [2.05, 4.69) is 0 Å². The smallest absolute Gasteiger partial charge is 0.309 e. The Morgan fingerprint density at radius 3 is 2.18 bits per heavy atom. The molecule has 9 saturated carbocycles. The van der Waals surface area contributed by atoms with Crippen molar-refractivity contribution in [1.29, 1.82) is 0 Å². The van der Waals surface area contributed by atoms with Crippen LogP contribution in [0.2, 0.25) is 0 Å². The highest BCUT2D eigenvalue weighted by Crippen LogP contribution is 2.68. The van der Waals surface area contributed by atoms with E-state index in [-0.39, 0.29) is 59.9 Å². The van der Waals surface area contributed by atoms with Gasteiger partial charge in [0.05, 0.1) is 23.7 Å². The van der Waals surface area contributed by atoms with Crippen molar-refractivity contribution >= 4 is 23.9 Å². The molecule has 8 heteroatoms. The number of hydrogen-bond donors (Lipinski definition) is 0. The molecule has 0 aromatic heterocycles. The van der Waals surface area contributed by atoms with Gasteiger partial charge in [-0.15, -0.1) is 0 Å². The van der Waals surface area contributed by atoms with Crippen LogP contribution in [0.4, 0.5) is 0 Å². The van der Waals surface area contributed by atoms with Gasteiger partial charge >= 0.3 is 23.9 Å². The van der Waals surface area contributed by atoms with E-state index in [1.807, 2.05) is 13.8 Å². The van der Waals surface area contributed by atoms with Crippen molar-refractivity contribution in [2.75, 3.05) is 0 Å². The fourth-order valence-corrected chi connectivity index (χ4v) is 15.2. The summed E-state index contributed by atoms with van der Waals surface area (Å²) in [4.78, 5) is 54.0. The van der Waals surface area contributed by atoms with Crippen LogP contribution in [0.1, 0.15) is 110 Å². The van der Waals surface area contributed by atoms with Gasteiger partial charge in [0.1, 0.15) is 24.4 Å². The molecule has 0 spiro atoms. The molecule has 10 rings (SSSR count). The summed E-state index contributed by atoms with van der Waals surface area (Å²) >= 11 is 0. The molecule has 0 N–H and O–H groups in total. The van der Waals surface area contributed by atoms with E-state index < -0.39 is 23.9 Å². The SMILES string of the molecule is CCC(CC(CC(C)C(=O)OC1CC2CC1C1CCCC21)C(=O)OC1CC2CC1C1C3CCC(C3)C21)C(=O)OC1C2CC3C(=O)OC1C3C2. The zero-order valence-corrected chi connectivity index (χ0v) is 29.4. The monoisotopic (exact) mass is 676 g/mol. The summed E-state index contributed by atoms with van der Waals surface area (Å²) in [5.74, 6) is 5.03. The van der Waals surface area contributed by atoms with Gasteiger partial charge < -0.3 is 18.9 Å². The van der Waals surface area contributed by atoms with Gasteiger partial charge in [-0.2, -0.15) is 0 Å². The van der Waals surface area contributed by atoms with Gasteiger partial charge in [-0.05, 0) is 149 Å². The molecule has 268 valence electrons. The first-order valence-electron chi connectivity index (χ1n) is 20.6. The molecule has 49 heavy (non-hydrogen) atoms. The molecule has 20 unspecified atom stereocenters. The minimum atomic E-state index is -0.581. The van der Waals surface area contributed by atoms with Gasteiger partial charge in [0.15, 0.2) is 0 Å². The molecule has 1 saturated heterocycles. The third-order valence-electron chi connectivity index (χ3n) is 17.0. The molecule has 0 aromatic carbocycles. The quantitative estimate of drug-likeness (QED) is 0.138. The first kappa shape index (κ1) is 31.6. The fourth-order valence-electron chi connectivity index (χ4n) is 15.2. The Bertz CT molecular complexity index is 1390. The van der Waals surface area contributed by atoms with Crippen LogP contribution in [0.3, 0.4) is 0 Å². The van der Waals surface area contributed by atoms with E-state index in [4.69, 9.17) is 18.9 Å². The average Bonchev–Trinajstić information content (AvgIpc) is 3.93. The van der Waals surface area contributed by atoms with Crippen LogP contribution < -0.4 is 0 Å². The summed E-state index contributed by atoms with van der Waals surface area (Å²) in [6.45, 7) is 3.86. The van der Waals surface area contributed by atoms with Crippen LogP contribution in [0, 0.1) is 94.7 Å². The van der Waals surface area contributed by atoms with Gasteiger partial charge in [0.2, 0.25) is 0 Å². The van der Waals surface area contributed by atoms with Crippen molar-refractivity contribution in [2.45, 2.75) is 135 Å². The second-order valence-corrected chi connectivity index (χ2v) is 19.0. The maximum Gasteiger partial charge on any atom is 0.309 e. The summed E-state index contributed by atoms with van der Waals surface area (Å²) in [6, 6.07) is 0. The number of carbonyl (C=O) groups is 4. The summed E-state index contributed by atoms with van der Waals surface area (Å²) in [7, 11) is 0. The first-order valence-corrected chi connectivity index (χ1v) is 20.6. The van der Waals surface area contributed by atoms with Gasteiger partial charge in [-0.1, -0.05) is 20.3 Å². The number of hydrogen-bond acceptors (Lipinski definition) is 8. The number of esters is 4. The molecule has 10 aliphatic rings. The minimum absolute atomic E-state index is 0.0119. The largest absolute Gasteiger partial charge is 0.462 e. The van der Waals surface area contributed by atoms with Gasteiger partial charge in [0, 0.05) is 11.8 Å². The molecule has 1 aliphatic heterocycles. The van der Waals surface area contributed by atoms with E-state index in [1.54, 1.807) is 0 Å². The predicted molar refractivity (Wildman–Crippen MR) is 176 cm³/mol. The summed E-state index contributed by atoms with van der Waals surface area (Å²) in [5.41, 5.74) is 0. The Balaban J connectivity index is 0.824. The van der Waals surface area contributed by atoms with Crippen molar-refractivity contribution < 1.29 is 38.1 Å². The molecule has 0 radical (unpaired) electrons. The van der Waals surface area contributed by atoms with E-state index in [9.17, 15) is 19.2 Å². The van der Waals surface area contributed by atoms with Crippen LogP contribution in [-0.4, -0.2) is 48.3 Å². The van der Waals surface area contributed by atoms with Crippen molar-refractivity contribution in [3.05, 3.63) is 0 Å². The van der Waals surface area contributed by atoms with Crippen LogP contribution in [0.5, 0.6) is 0 Å². The third kappa shape index (κ3) is 4.86. The Morgan fingerprint density at radius 2 is 1.35 bits per heavy atom. The maximum atomic E-state index is 14.2. The molecular formula is C41H56O8. The number of rotatable bonds is 11. The lowest BCUT2D eigenvalue weighted by atomic mass is 9.70. The summed E-state index contributed by atoms with van der Waals surface area (Å²) < 4.78 is 24.5. The maximum absolute atomic E-state index is 14.2. The molecule has 0 amide bonds. The standard InChI is InChI=1S/C41H56O8/c1-3-19(39(43)48-36-24-14-29-30(15-24)41(45)49-37(29)36)10-25(9-18(2)38(42)46-32-16-22-12-28(32)27-6-4-5-26(22)27)40(44)47-33-17-23-13-31(33)35-21-8-7-20(11-21)34(23)35/h18-37H,3-17H2,1-2H3. The highest BCUT2D eigenvalue weighted by Gasteiger charge is 2.65. The predicted octanol–water partition coefficient (Wildman–Crippen LogP) is 6.52. The molecule has 1 heterocycles. The number of ether oxygens (including phenoxy) is 4. The molecule has 10 fully saturated rings. The topological polar surface area (TPSA) is 105 Å². The Kier molecular flexibility index (Phi) is 7.54. The minimum Gasteiger partial charge on any atom is -0.462 e. The van der Waals surface area contributed by atoms with E-state index >= 15 is 0 Å². The van der Waals surface area contributed by atoms with Gasteiger partial charge in [-0.3, -0.25) is 19.2 Å². The third-order valence-corrected chi connectivity index (χ3v) is 17.0.